The van der Waals surface area contributed by atoms with Crippen molar-refractivity contribution in [2.75, 3.05) is 13.7 Å². The zero-order chi connectivity index (χ0) is 27.2. The molecule has 38 heavy (non-hydrogen) atoms. The maximum Gasteiger partial charge on any atom is 0.335 e. The van der Waals surface area contributed by atoms with Crippen molar-refractivity contribution in [3.8, 4) is 11.5 Å². The highest BCUT2D eigenvalue weighted by molar-refractivity contribution is 8.18. The third-order valence-electron chi connectivity index (χ3n) is 5.62. The molecule has 0 saturated carbocycles. The van der Waals surface area contributed by atoms with Gasteiger partial charge in [-0.2, -0.15) is 0 Å². The quantitative estimate of drug-likeness (QED) is 0.356. The van der Waals surface area contributed by atoms with Gasteiger partial charge in [-0.25, -0.2) is 14.6 Å². The van der Waals surface area contributed by atoms with Crippen LogP contribution in [-0.4, -0.2) is 51.8 Å². The number of carboxylic acids is 2. The van der Waals surface area contributed by atoms with E-state index in [0.717, 1.165) is 11.1 Å². The predicted molar refractivity (Wildman–Crippen MR) is 144 cm³/mol. The molecular weight excluding hydrogens is 508 g/mol. The van der Waals surface area contributed by atoms with Crippen LogP contribution in [-0.2, 0) is 11.4 Å². The van der Waals surface area contributed by atoms with E-state index in [1.165, 1.54) is 43.1 Å². The van der Waals surface area contributed by atoms with Crippen LogP contribution in [0.15, 0.2) is 76.6 Å². The molecule has 1 saturated heterocycles. The standard InChI is InChI=1S/C28H24N2O7S/c1-3-30-25(31)24(38-28(30)29-21-11-9-20(10-12-21)27(34)35)15-18-6-13-22(23(14-18)36-2)37-16-17-4-7-19(8-5-17)26(32)33/h4-15H,3,16H2,1-2H3,(H,32,33)(H,34,35)/b24-15-,29-28?. The van der Waals surface area contributed by atoms with E-state index >= 15 is 0 Å². The molecule has 9 nitrogen and oxygen atoms in total. The van der Waals surface area contributed by atoms with E-state index in [9.17, 15) is 14.4 Å². The van der Waals surface area contributed by atoms with Crippen LogP contribution >= 0.6 is 11.8 Å². The molecule has 1 fully saturated rings. The largest absolute Gasteiger partial charge is 0.493 e. The Labute approximate surface area is 223 Å². The van der Waals surface area contributed by atoms with Gasteiger partial charge in [0.05, 0.1) is 28.8 Å². The number of carboxylic acid groups (broad SMARTS) is 2. The summed E-state index contributed by atoms with van der Waals surface area (Å²) in [4.78, 5) is 41.7. The zero-order valence-electron chi connectivity index (χ0n) is 20.6. The van der Waals surface area contributed by atoms with Crippen molar-refractivity contribution in [2.45, 2.75) is 13.5 Å². The summed E-state index contributed by atoms with van der Waals surface area (Å²) in [5.74, 6) is -1.20. The minimum atomic E-state index is -1.02. The maximum absolute atomic E-state index is 13.0. The summed E-state index contributed by atoms with van der Waals surface area (Å²) in [5, 5.41) is 18.6. The Balaban J connectivity index is 1.51. The van der Waals surface area contributed by atoms with Crippen LogP contribution in [0.4, 0.5) is 5.69 Å². The Morgan fingerprint density at radius 1 is 0.947 bits per heavy atom. The molecule has 194 valence electrons. The van der Waals surface area contributed by atoms with Gasteiger partial charge in [0, 0.05) is 6.54 Å². The molecule has 0 unspecified atom stereocenters. The lowest BCUT2D eigenvalue weighted by molar-refractivity contribution is -0.122. The van der Waals surface area contributed by atoms with Gasteiger partial charge in [-0.15, -0.1) is 0 Å². The first-order valence-electron chi connectivity index (χ1n) is 11.6. The fraction of sp³-hybridized carbons (Fsp3) is 0.143. The zero-order valence-corrected chi connectivity index (χ0v) is 21.4. The number of nitrogens with zero attached hydrogens (tertiary/aromatic N) is 2. The number of aromatic carboxylic acids is 2. The second-order valence-corrected chi connectivity index (χ2v) is 9.12. The minimum Gasteiger partial charge on any atom is -0.493 e. The van der Waals surface area contributed by atoms with Gasteiger partial charge < -0.3 is 19.7 Å². The Kier molecular flexibility index (Phi) is 8.12. The fourth-order valence-electron chi connectivity index (χ4n) is 3.61. The van der Waals surface area contributed by atoms with E-state index < -0.39 is 11.9 Å². The first-order chi connectivity index (χ1) is 18.3. The van der Waals surface area contributed by atoms with E-state index in [1.807, 2.05) is 13.0 Å². The van der Waals surface area contributed by atoms with Crippen molar-refractivity contribution in [1.29, 1.82) is 0 Å². The molecular formula is C28H24N2O7S. The number of carbonyl (C=O) groups is 3. The normalized spacial score (nSPS) is 15.2. The number of aliphatic imine (C=N–C) groups is 1. The lowest BCUT2D eigenvalue weighted by Crippen LogP contribution is -2.28. The molecule has 0 aliphatic carbocycles. The van der Waals surface area contributed by atoms with Crippen LogP contribution in [0.3, 0.4) is 0 Å². The summed E-state index contributed by atoms with van der Waals surface area (Å²) < 4.78 is 11.4. The molecule has 0 spiro atoms. The van der Waals surface area contributed by atoms with Crippen molar-refractivity contribution in [1.82, 2.24) is 4.90 Å². The van der Waals surface area contributed by atoms with Gasteiger partial charge in [-0.05, 0) is 84.4 Å². The number of amides is 1. The molecule has 1 amide bonds. The second kappa shape index (κ2) is 11.7. The summed E-state index contributed by atoms with van der Waals surface area (Å²) >= 11 is 1.24. The SMILES string of the molecule is CCN1C(=O)/C(=C/c2ccc(OCc3ccc(C(=O)O)cc3)c(OC)c2)SC1=Nc1ccc(C(=O)O)cc1. The molecule has 4 rings (SSSR count). The number of hydrogen-bond acceptors (Lipinski definition) is 7. The molecule has 0 radical (unpaired) electrons. The molecule has 10 heteroatoms. The first kappa shape index (κ1) is 26.5. The van der Waals surface area contributed by atoms with Crippen molar-refractivity contribution >= 4 is 46.5 Å². The van der Waals surface area contributed by atoms with Crippen LogP contribution in [0.5, 0.6) is 11.5 Å². The second-order valence-electron chi connectivity index (χ2n) is 8.11. The van der Waals surface area contributed by atoms with Crippen LogP contribution in [0.2, 0.25) is 0 Å². The minimum absolute atomic E-state index is 0.162. The summed E-state index contributed by atoms with van der Waals surface area (Å²) in [6.07, 6.45) is 1.75. The van der Waals surface area contributed by atoms with Crippen LogP contribution in [0.1, 0.15) is 38.8 Å². The summed E-state index contributed by atoms with van der Waals surface area (Å²) in [6.45, 7) is 2.51. The number of amidine groups is 1. The fourth-order valence-corrected chi connectivity index (χ4v) is 4.67. The molecule has 1 aliphatic heterocycles. The van der Waals surface area contributed by atoms with Crippen LogP contribution < -0.4 is 9.47 Å². The van der Waals surface area contributed by atoms with Crippen molar-refractivity contribution in [2.24, 2.45) is 4.99 Å². The highest BCUT2D eigenvalue weighted by atomic mass is 32.2. The number of likely N-dealkylation sites (N-methyl/N-ethyl adjacent to an activating group) is 1. The summed E-state index contributed by atoms with van der Waals surface area (Å²) in [5.41, 5.74) is 2.45. The van der Waals surface area contributed by atoms with Crippen molar-refractivity contribution in [3.63, 3.8) is 0 Å². The molecule has 0 bridgehead atoms. The van der Waals surface area contributed by atoms with E-state index in [2.05, 4.69) is 4.99 Å². The summed E-state index contributed by atoms with van der Waals surface area (Å²) in [7, 11) is 1.52. The van der Waals surface area contributed by atoms with Crippen LogP contribution in [0, 0.1) is 0 Å². The molecule has 1 aliphatic rings. The van der Waals surface area contributed by atoms with E-state index in [-0.39, 0.29) is 23.6 Å². The van der Waals surface area contributed by atoms with Gasteiger partial charge in [-0.1, -0.05) is 18.2 Å². The van der Waals surface area contributed by atoms with Gasteiger partial charge >= 0.3 is 11.9 Å². The lowest BCUT2D eigenvalue weighted by Gasteiger charge is -2.12. The number of rotatable bonds is 9. The Hall–Kier alpha value is -4.57. The van der Waals surface area contributed by atoms with Gasteiger partial charge in [0.2, 0.25) is 0 Å². The smallest absolute Gasteiger partial charge is 0.335 e. The molecule has 1 heterocycles. The Bertz CT molecular complexity index is 1430. The van der Waals surface area contributed by atoms with Crippen LogP contribution in [0.25, 0.3) is 6.08 Å². The maximum atomic E-state index is 13.0. The number of carbonyl (C=O) groups excluding carboxylic acids is 1. The monoisotopic (exact) mass is 532 g/mol. The third-order valence-corrected chi connectivity index (χ3v) is 6.63. The van der Waals surface area contributed by atoms with Gasteiger partial charge in [-0.3, -0.25) is 9.69 Å². The van der Waals surface area contributed by atoms with E-state index in [0.29, 0.717) is 33.8 Å². The average molecular weight is 533 g/mol. The van der Waals surface area contributed by atoms with Gasteiger partial charge in [0.25, 0.3) is 5.91 Å². The van der Waals surface area contributed by atoms with E-state index in [4.69, 9.17) is 19.7 Å². The molecule has 0 atom stereocenters. The number of methoxy groups -OCH3 is 1. The molecule has 2 N–H and O–H groups in total. The Morgan fingerprint density at radius 2 is 1.58 bits per heavy atom. The van der Waals surface area contributed by atoms with E-state index in [1.54, 1.807) is 47.4 Å². The van der Waals surface area contributed by atoms with Gasteiger partial charge in [0.15, 0.2) is 16.7 Å². The summed E-state index contributed by atoms with van der Waals surface area (Å²) in [6, 6.07) is 17.9. The van der Waals surface area contributed by atoms with Gasteiger partial charge in [0.1, 0.15) is 6.61 Å². The molecule has 0 aromatic heterocycles. The number of hydrogen-bond donors (Lipinski definition) is 2. The first-order valence-corrected chi connectivity index (χ1v) is 12.4. The predicted octanol–water partition coefficient (Wildman–Crippen LogP) is 5.29. The number of ether oxygens (including phenoxy) is 2. The third kappa shape index (κ3) is 6.04. The number of thioether (sulfide) groups is 1. The van der Waals surface area contributed by atoms with Crippen molar-refractivity contribution in [3.05, 3.63) is 93.9 Å². The Morgan fingerprint density at radius 3 is 2.16 bits per heavy atom. The highest BCUT2D eigenvalue weighted by Gasteiger charge is 2.32. The lowest BCUT2D eigenvalue weighted by atomic mass is 10.1. The molecule has 3 aromatic carbocycles. The molecule has 3 aromatic rings. The average Bonchev–Trinajstić information content (AvgIpc) is 3.21. The number of benzene rings is 3. The highest BCUT2D eigenvalue weighted by Crippen LogP contribution is 2.36. The topological polar surface area (TPSA) is 126 Å². The van der Waals surface area contributed by atoms with Crippen molar-refractivity contribution < 1.29 is 34.1 Å².